The third-order valence-corrected chi connectivity index (χ3v) is 7.83. The zero-order valence-electron chi connectivity index (χ0n) is 19.5. The summed E-state index contributed by atoms with van der Waals surface area (Å²) in [6, 6.07) is 0. The summed E-state index contributed by atoms with van der Waals surface area (Å²) in [5, 5.41) is 7.39. The Kier molecular flexibility index (Phi) is 7.49. The van der Waals surface area contributed by atoms with E-state index in [4.69, 9.17) is 21.1 Å². The van der Waals surface area contributed by atoms with Crippen LogP contribution in [0.15, 0.2) is 18.7 Å². The molecule has 0 amide bonds. The quantitative estimate of drug-likeness (QED) is 0.404. The number of ether oxygens (including phenoxy) is 2. The molecule has 3 aromatic heterocycles. The highest BCUT2D eigenvalue weighted by atomic mass is 35.5. The van der Waals surface area contributed by atoms with Crippen LogP contribution in [0, 0.1) is 5.92 Å². The predicted molar refractivity (Wildman–Crippen MR) is 124 cm³/mol. The fourth-order valence-electron chi connectivity index (χ4n) is 3.85. The van der Waals surface area contributed by atoms with Gasteiger partial charge in [0.25, 0.3) is 0 Å². The van der Waals surface area contributed by atoms with Crippen molar-refractivity contribution in [1.29, 1.82) is 0 Å². The van der Waals surface area contributed by atoms with Gasteiger partial charge in [0, 0.05) is 30.7 Å². The number of halogens is 3. The number of rotatable bonds is 10. The Morgan fingerprint density at radius 1 is 1.11 bits per heavy atom. The predicted octanol–water partition coefficient (Wildman–Crippen LogP) is 2.65. The van der Waals surface area contributed by atoms with Crippen molar-refractivity contribution in [3.63, 3.8) is 0 Å². The molecule has 0 aliphatic heterocycles. The number of hydrogen-bond acceptors (Lipinski definition) is 10. The van der Waals surface area contributed by atoms with Gasteiger partial charge in [-0.15, -0.1) is 10.2 Å². The average Bonchev–Trinajstić information content (AvgIpc) is 3.20. The van der Waals surface area contributed by atoms with Crippen LogP contribution < -0.4 is 14.2 Å². The molecular formula is C20H23ClF2N8O4S. The third-order valence-electron chi connectivity index (χ3n) is 5.94. The lowest BCUT2D eigenvalue weighted by molar-refractivity contribution is 0.0139. The highest BCUT2D eigenvalue weighted by Gasteiger charge is 2.43. The Bertz CT molecular complexity index is 1300. The molecule has 3 heterocycles. The van der Waals surface area contributed by atoms with Crippen molar-refractivity contribution in [2.45, 2.75) is 43.8 Å². The molecule has 16 heteroatoms. The first-order valence-corrected chi connectivity index (χ1v) is 12.7. The molecule has 1 aliphatic carbocycles. The second-order valence-electron chi connectivity index (χ2n) is 8.12. The fourth-order valence-corrected chi connectivity index (χ4v) is 4.90. The molecule has 0 unspecified atom stereocenters. The second kappa shape index (κ2) is 10.4. The maximum Gasteiger partial charge on any atom is 0.245 e. The second-order valence-corrected chi connectivity index (χ2v) is 10.7. The molecule has 12 nitrogen and oxygen atoms in total. The molecule has 0 saturated heterocycles. The van der Waals surface area contributed by atoms with Crippen LogP contribution in [0.5, 0.6) is 11.8 Å². The van der Waals surface area contributed by atoms with Gasteiger partial charge in [-0.2, -0.15) is 9.97 Å². The highest BCUT2D eigenvalue weighted by molar-refractivity contribution is 7.93. The number of nitrogens with zero attached hydrogens (tertiary/aromatic N) is 7. The highest BCUT2D eigenvalue weighted by Crippen LogP contribution is 2.47. The maximum absolute atomic E-state index is 13.6. The Morgan fingerprint density at radius 2 is 1.75 bits per heavy atom. The van der Waals surface area contributed by atoms with Crippen molar-refractivity contribution in [1.82, 2.24) is 34.7 Å². The average molecular weight is 545 g/mol. The molecule has 3 aromatic rings. The van der Waals surface area contributed by atoms with E-state index in [9.17, 15) is 17.2 Å². The topological polar surface area (TPSA) is 147 Å². The molecule has 1 saturated carbocycles. The third kappa shape index (κ3) is 5.02. The van der Waals surface area contributed by atoms with E-state index >= 15 is 0 Å². The minimum Gasteiger partial charge on any atom is -0.479 e. The molecule has 1 aliphatic rings. The van der Waals surface area contributed by atoms with E-state index in [0.29, 0.717) is 17.9 Å². The summed E-state index contributed by atoms with van der Waals surface area (Å²) in [4.78, 5) is 16.2. The van der Waals surface area contributed by atoms with Crippen LogP contribution in [0.1, 0.15) is 37.3 Å². The molecular weight excluding hydrogens is 522 g/mol. The number of aromatic nitrogens is 7. The summed E-state index contributed by atoms with van der Waals surface area (Å²) in [5.74, 6) is -1.47. The van der Waals surface area contributed by atoms with Gasteiger partial charge in [-0.25, -0.2) is 27.2 Å². The standard InChI is InChI=1S/C20H23ClF2N8O4S/c1-10(6-14-24-7-11(21)8-25-14)36(32,33)30-20-29-28-17(13-5-4-12(13)16(22)23)31(20)15-18(34-2)26-9-27-19(15)35-3/h7-10,12-13,16H,4-6H2,1-3H3,(H,29,30)/t10-,12-,13+/m0/s1. The molecule has 0 radical (unpaired) electrons. The number of nitrogens with one attached hydrogen (secondary N) is 1. The van der Waals surface area contributed by atoms with E-state index in [1.165, 1.54) is 44.4 Å². The van der Waals surface area contributed by atoms with Crippen LogP contribution in [0.4, 0.5) is 14.7 Å². The summed E-state index contributed by atoms with van der Waals surface area (Å²) in [6.45, 7) is 1.47. The van der Waals surface area contributed by atoms with E-state index in [2.05, 4.69) is 34.9 Å². The van der Waals surface area contributed by atoms with Crippen molar-refractivity contribution >= 4 is 27.6 Å². The fraction of sp³-hybridized carbons (Fsp3) is 0.500. The van der Waals surface area contributed by atoms with E-state index in [-0.39, 0.29) is 41.5 Å². The first kappa shape index (κ1) is 25.9. The van der Waals surface area contributed by atoms with E-state index in [1.54, 1.807) is 0 Å². The van der Waals surface area contributed by atoms with Crippen LogP contribution >= 0.6 is 11.6 Å². The SMILES string of the molecule is COc1ncnc(OC)c1-n1c(NS(=O)(=O)[C@@H](C)Cc2ncc(Cl)cn2)nnc1[C@@H]1CC[C@@H]1C(F)F. The normalized spacial score (nSPS) is 18.5. The van der Waals surface area contributed by atoms with Gasteiger partial charge in [-0.05, 0) is 19.8 Å². The lowest BCUT2D eigenvalue weighted by Crippen LogP contribution is -2.33. The van der Waals surface area contributed by atoms with Crippen molar-refractivity contribution in [3.05, 3.63) is 35.4 Å². The van der Waals surface area contributed by atoms with Crippen molar-refractivity contribution in [2.75, 3.05) is 18.9 Å². The number of alkyl halides is 2. The van der Waals surface area contributed by atoms with Gasteiger partial charge in [-0.3, -0.25) is 9.29 Å². The monoisotopic (exact) mass is 544 g/mol. The smallest absolute Gasteiger partial charge is 0.245 e. The molecule has 0 spiro atoms. The van der Waals surface area contributed by atoms with Gasteiger partial charge < -0.3 is 9.47 Å². The minimum atomic E-state index is -4.08. The first-order chi connectivity index (χ1) is 17.2. The van der Waals surface area contributed by atoms with E-state index in [0.717, 1.165) is 0 Å². The Balaban J connectivity index is 1.76. The Labute approximate surface area is 210 Å². The van der Waals surface area contributed by atoms with Gasteiger partial charge in [0.1, 0.15) is 18.0 Å². The summed E-state index contributed by atoms with van der Waals surface area (Å²) in [5.41, 5.74) is 0.0776. The van der Waals surface area contributed by atoms with Crippen molar-refractivity contribution in [2.24, 2.45) is 5.92 Å². The Hall–Kier alpha value is -3.20. The van der Waals surface area contributed by atoms with E-state index in [1.807, 2.05) is 0 Å². The number of hydrogen-bond donors (Lipinski definition) is 1. The molecule has 36 heavy (non-hydrogen) atoms. The van der Waals surface area contributed by atoms with Crippen molar-refractivity contribution < 1.29 is 26.7 Å². The van der Waals surface area contributed by atoms with E-state index < -0.39 is 33.5 Å². The number of sulfonamides is 1. The van der Waals surface area contributed by atoms with Gasteiger partial charge >= 0.3 is 0 Å². The molecule has 0 bridgehead atoms. The maximum atomic E-state index is 13.6. The van der Waals surface area contributed by atoms with Gasteiger partial charge in [0.15, 0.2) is 5.69 Å². The number of methoxy groups -OCH3 is 2. The van der Waals surface area contributed by atoms with Gasteiger partial charge in [0.2, 0.25) is 34.2 Å². The summed E-state index contributed by atoms with van der Waals surface area (Å²) >= 11 is 5.79. The zero-order valence-corrected chi connectivity index (χ0v) is 21.0. The summed E-state index contributed by atoms with van der Waals surface area (Å²) in [6.07, 6.45) is 2.04. The van der Waals surface area contributed by atoms with Crippen LogP contribution in [0.2, 0.25) is 5.02 Å². The van der Waals surface area contributed by atoms with Gasteiger partial charge in [-0.1, -0.05) is 11.6 Å². The lowest BCUT2D eigenvalue weighted by atomic mass is 9.73. The zero-order chi connectivity index (χ0) is 26.0. The molecule has 1 N–H and O–H groups in total. The largest absolute Gasteiger partial charge is 0.479 e. The first-order valence-electron chi connectivity index (χ1n) is 10.8. The Morgan fingerprint density at radius 3 is 2.28 bits per heavy atom. The minimum absolute atomic E-state index is 0.0129. The van der Waals surface area contributed by atoms with Crippen LogP contribution in [-0.2, 0) is 16.4 Å². The molecule has 0 aromatic carbocycles. The summed E-state index contributed by atoms with van der Waals surface area (Å²) in [7, 11) is -1.39. The summed E-state index contributed by atoms with van der Waals surface area (Å²) < 4.78 is 68.0. The molecule has 194 valence electrons. The van der Waals surface area contributed by atoms with Crippen LogP contribution in [0.3, 0.4) is 0 Å². The molecule has 3 atom stereocenters. The molecule has 1 fully saturated rings. The van der Waals surface area contributed by atoms with Crippen LogP contribution in [-0.4, -0.2) is 69.0 Å². The number of anilines is 1. The van der Waals surface area contributed by atoms with Gasteiger partial charge in [0.05, 0.1) is 24.5 Å². The van der Waals surface area contributed by atoms with Crippen LogP contribution in [0.25, 0.3) is 5.69 Å². The lowest BCUT2D eigenvalue weighted by Gasteiger charge is -2.35. The molecule has 4 rings (SSSR count). The van der Waals surface area contributed by atoms with Crippen molar-refractivity contribution in [3.8, 4) is 17.4 Å².